The summed E-state index contributed by atoms with van der Waals surface area (Å²) in [5.41, 5.74) is 0. The smallest absolute Gasteiger partial charge is 0.294 e. The maximum absolute atomic E-state index is 11.4. The van der Waals surface area contributed by atoms with Gasteiger partial charge in [0.2, 0.25) is 0 Å². The largest absolute Gasteiger partial charge is 0.339 e. The van der Waals surface area contributed by atoms with Gasteiger partial charge in [0.15, 0.2) is 6.79 Å². The van der Waals surface area contributed by atoms with Crippen LogP contribution in [0.15, 0.2) is 0 Å². The van der Waals surface area contributed by atoms with Crippen LogP contribution in [0.4, 0.5) is 4.39 Å². The van der Waals surface area contributed by atoms with Gasteiger partial charge in [0.25, 0.3) is 0 Å². The Labute approximate surface area is 33.5 Å². The summed E-state index contributed by atoms with van der Waals surface area (Å²) >= 11 is 0. The van der Waals surface area contributed by atoms with Gasteiger partial charge in [-0.1, -0.05) is 0 Å². The van der Waals surface area contributed by atoms with E-state index in [2.05, 4.69) is 14.5 Å². The highest BCUT2D eigenvalue weighted by Gasteiger charge is 2.13. The molecule has 4 heteroatoms. The summed E-state index contributed by atoms with van der Waals surface area (Å²) in [7, 11) is 0. The molecule has 0 radical (unpaired) electrons. The molecule has 0 aromatic heterocycles. The monoisotopic (exact) mass is 94.0 g/mol. The molecule has 1 atom stereocenters. The second-order valence-electron chi connectivity index (χ2n) is 0.773. The van der Waals surface area contributed by atoms with Crippen molar-refractivity contribution in [3.63, 3.8) is 0 Å². The van der Waals surface area contributed by atoms with Gasteiger partial charge < -0.3 is 0 Å². The lowest BCUT2D eigenvalue weighted by Gasteiger charge is -1.85. The number of alkyl halides is 1. The molecule has 0 saturated carbocycles. The molecule has 0 bridgehead atoms. The van der Waals surface area contributed by atoms with Crippen LogP contribution in [0.25, 0.3) is 0 Å². The minimum absolute atomic E-state index is 0.110. The van der Waals surface area contributed by atoms with Crippen molar-refractivity contribution in [1.29, 1.82) is 0 Å². The zero-order valence-corrected chi connectivity index (χ0v) is 2.89. The van der Waals surface area contributed by atoms with Crippen LogP contribution < -0.4 is 0 Å². The molecule has 1 aliphatic heterocycles. The van der Waals surface area contributed by atoms with E-state index >= 15 is 0 Å². The Kier molecular flexibility index (Phi) is 0.999. The molecular formula is C2H3FO3. The number of rotatable bonds is 0. The third kappa shape index (κ3) is 0.649. The Bertz CT molecular complexity index is 42.1. The van der Waals surface area contributed by atoms with E-state index in [9.17, 15) is 4.39 Å². The molecule has 0 aromatic carbocycles. The highest BCUT2D eigenvalue weighted by Crippen LogP contribution is 2.03. The van der Waals surface area contributed by atoms with E-state index in [1.807, 2.05) is 0 Å². The van der Waals surface area contributed by atoms with Crippen LogP contribution in [0.3, 0.4) is 0 Å². The first-order valence-corrected chi connectivity index (χ1v) is 1.43. The van der Waals surface area contributed by atoms with E-state index in [1.54, 1.807) is 0 Å². The Morgan fingerprint density at radius 1 is 1.67 bits per heavy atom. The molecular weight excluding hydrogens is 91.0 g/mol. The number of halogens is 1. The summed E-state index contributed by atoms with van der Waals surface area (Å²) in [4.78, 5) is 7.72. The third-order valence-corrected chi connectivity index (χ3v) is 0.391. The van der Waals surface area contributed by atoms with Crippen molar-refractivity contribution in [3.8, 4) is 0 Å². The summed E-state index contributed by atoms with van der Waals surface area (Å²) in [6.07, 6.45) is 0. The SMILES string of the molecule is F[C@@H]1OCOO1. The first-order valence-electron chi connectivity index (χ1n) is 1.43. The molecule has 6 heavy (non-hydrogen) atoms. The first kappa shape index (κ1) is 3.98. The van der Waals surface area contributed by atoms with Crippen molar-refractivity contribution in [1.82, 2.24) is 0 Å². The van der Waals surface area contributed by atoms with Crippen molar-refractivity contribution >= 4 is 0 Å². The van der Waals surface area contributed by atoms with Crippen LogP contribution in [0.5, 0.6) is 0 Å². The van der Waals surface area contributed by atoms with E-state index in [1.165, 1.54) is 0 Å². The molecule has 1 rings (SSSR count). The summed E-state index contributed by atoms with van der Waals surface area (Å²) in [5, 5.41) is 0. The normalized spacial score (nSPS) is 34.5. The molecule has 1 heterocycles. The molecule has 0 unspecified atom stereocenters. The van der Waals surface area contributed by atoms with Gasteiger partial charge in [-0.25, -0.2) is 4.89 Å². The molecule has 1 saturated heterocycles. The Balaban J connectivity index is 2.18. The lowest BCUT2D eigenvalue weighted by Crippen LogP contribution is -1.94. The molecule has 0 spiro atoms. The van der Waals surface area contributed by atoms with Gasteiger partial charge in [-0.15, -0.1) is 0 Å². The highest BCUT2D eigenvalue weighted by atomic mass is 19.2. The molecule has 3 nitrogen and oxygen atoms in total. The minimum atomic E-state index is -1.68. The van der Waals surface area contributed by atoms with Crippen LogP contribution >= 0.6 is 0 Å². The van der Waals surface area contributed by atoms with Crippen LogP contribution in [-0.4, -0.2) is 13.3 Å². The van der Waals surface area contributed by atoms with Crippen LogP contribution in [0.1, 0.15) is 0 Å². The fraction of sp³-hybridized carbons (Fsp3) is 1.00. The van der Waals surface area contributed by atoms with Crippen LogP contribution in [0.2, 0.25) is 0 Å². The molecule has 1 aliphatic rings. The minimum Gasteiger partial charge on any atom is -0.294 e. The topological polar surface area (TPSA) is 27.7 Å². The molecule has 1 fully saturated rings. The predicted molar refractivity (Wildman–Crippen MR) is 13.0 cm³/mol. The van der Waals surface area contributed by atoms with Crippen molar-refractivity contribution < 1.29 is 18.9 Å². The number of ether oxygens (including phenoxy) is 1. The van der Waals surface area contributed by atoms with Gasteiger partial charge in [-0.2, -0.15) is 9.28 Å². The number of hydrogen-bond donors (Lipinski definition) is 0. The standard InChI is InChI=1S/C2H3FO3/c3-2-4-1-5-6-2/h2H,1H2/t2-/m1/s1. The Hall–Kier alpha value is -0.190. The van der Waals surface area contributed by atoms with E-state index in [0.717, 1.165) is 0 Å². The highest BCUT2D eigenvalue weighted by molar-refractivity contribution is 4.10. The molecule has 0 N–H and O–H groups in total. The second kappa shape index (κ2) is 1.51. The van der Waals surface area contributed by atoms with Gasteiger partial charge in [0, 0.05) is 0 Å². The zero-order chi connectivity index (χ0) is 4.41. The zero-order valence-electron chi connectivity index (χ0n) is 2.89. The average molecular weight is 94.0 g/mol. The lowest BCUT2D eigenvalue weighted by atomic mass is 11.3. The fourth-order valence-electron chi connectivity index (χ4n) is 0.190. The Morgan fingerprint density at radius 3 is 2.67 bits per heavy atom. The molecule has 0 aliphatic carbocycles. The second-order valence-corrected chi connectivity index (χ2v) is 0.773. The average Bonchev–Trinajstić information content (AvgIpc) is 1.86. The van der Waals surface area contributed by atoms with Crippen LogP contribution in [0, 0.1) is 0 Å². The van der Waals surface area contributed by atoms with E-state index in [-0.39, 0.29) is 6.79 Å². The van der Waals surface area contributed by atoms with Gasteiger partial charge in [0.1, 0.15) is 0 Å². The fourth-order valence-corrected chi connectivity index (χ4v) is 0.190. The van der Waals surface area contributed by atoms with Gasteiger partial charge >= 0.3 is 6.54 Å². The van der Waals surface area contributed by atoms with Crippen molar-refractivity contribution in [3.05, 3.63) is 0 Å². The summed E-state index contributed by atoms with van der Waals surface area (Å²) in [5.74, 6) is 0. The van der Waals surface area contributed by atoms with Crippen molar-refractivity contribution in [2.45, 2.75) is 6.54 Å². The Morgan fingerprint density at radius 2 is 2.50 bits per heavy atom. The van der Waals surface area contributed by atoms with Gasteiger partial charge in [-0.05, 0) is 0 Å². The maximum atomic E-state index is 11.4. The summed E-state index contributed by atoms with van der Waals surface area (Å²) in [6.45, 7) is -1.79. The predicted octanol–water partition coefficient (Wildman–Crippen LogP) is 0.175. The summed E-state index contributed by atoms with van der Waals surface area (Å²) in [6, 6.07) is 0. The van der Waals surface area contributed by atoms with Crippen molar-refractivity contribution in [2.24, 2.45) is 0 Å². The number of hydrogen-bond acceptors (Lipinski definition) is 3. The first-order chi connectivity index (χ1) is 2.89. The van der Waals surface area contributed by atoms with Crippen LogP contribution in [-0.2, 0) is 14.5 Å². The van der Waals surface area contributed by atoms with E-state index in [4.69, 9.17) is 0 Å². The quantitative estimate of drug-likeness (QED) is 0.400. The van der Waals surface area contributed by atoms with Gasteiger partial charge in [-0.3, -0.25) is 4.74 Å². The maximum Gasteiger partial charge on any atom is 0.339 e. The molecule has 36 valence electrons. The third-order valence-electron chi connectivity index (χ3n) is 0.391. The van der Waals surface area contributed by atoms with Crippen molar-refractivity contribution in [2.75, 3.05) is 6.79 Å². The lowest BCUT2D eigenvalue weighted by molar-refractivity contribution is -0.308. The van der Waals surface area contributed by atoms with Gasteiger partial charge in [0.05, 0.1) is 0 Å². The van der Waals surface area contributed by atoms with E-state index < -0.39 is 6.54 Å². The molecule has 0 amide bonds. The van der Waals surface area contributed by atoms with E-state index in [0.29, 0.717) is 0 Å². The molecule has 0 aromatic rings. The summed E-state index contributed by atoms with van der Waals surface area (Å²) < 4.78 is 15.4.